The molecule has 2 aromatic heterocycles. The van der Waals surface area contributed by atoms with Crippen molar-refractivity contribution in [2.45, 2.75) is 90.9 Å². The van der Waals surface area contributed by atoms with Crippen LogP contribution in [0, 0.1) is 0 Å². The SMILES string of the molecule is C/C=C\C(=C/N)n1c2ccc(-c3ccc4c5c(cccc35)CC4)cc2c2cc3c4c(c21)C(C)C(C)c1c-4c(cc2c4cc(-c5ccc6c7c(cccc57)CC6)ccc4n(/C(C)=C/C=C\N)c12)C(C)C3C. The maximum absolute atomic E-state index is 6.68. The normalized spacial score (nSPS) is 19.5. The Morgan fingerprint density at radius 1 is 0.529 bits per heavy atom. The summed E-state index contributed by atoms with van der Waals surface area (Å²) in [5.74, 6) is 0.981. The Labute approximate surface area is 409 Å². The highest BCUT2D eigenvalue weighted by molar-refractivity contribution is 6.19. The third-order valence-electron chi connectivity index (χ3n) is 17.8. The van der Waals surface area contributed by atoms with Crippen LogP contribution in [0.15, 0.2) is 146 Å². The number of hydrogen-bond donors (Lipinski definition) is 2. The summed E-state index contributed by atoms with van der Waals surface area (Å²) >= 11 is 0. The van der Waals surface area contributed by atoms with Crippen LogP contribution in [0.1, 0.15) is 110 Å². The van der Waals surface area contributed by atoms with E-state index >= 15 is 0 Å². The van der Waals surface area contributed by atoms with Crippen molar-refractivity contribution in [2.24, 2.45) is 11.5 Å². The van der Waals surface area contributed by atoms with E-state index in [0.717, 1.165) is 37.1 Å². The number of aryl methyl sites for hydroxylation is 4. The molecule has 4 unspecified atom stereocenters. The molecule has 0 saturated heterocycles. The van der Waals surface area contributed by atoms with Gasteiger partial charge in [-0.05, 0) is 223 Å². The van der Waals surface area contributed by atoms with Gasteiger partial charge in [-0.1, -0.05) is 107 Å². The van der Waals surface area contributed by atoms with Gasteiger partial charge in [-0.15, -0.1) is 0 Å². The van der Waals surface area contributed by atoms with Crippen LogP contribution in [0.3, 0.4) is 0 Å². The van der Waals surface area contributed by atoms with Crippen molar-refractivity contribution in [1.82, 2.24) is 9.13 Å². The Morgan fingerprint density at radius 3 is 1.50 bits per heavy atom. The number of rotatable bonds is 6. The molecular formula is C66H58N4. The molecule has 4 N–H and O–H groups in total. The molecule has 0 aliphatic heterocycles. The van der Waals surface area contributed by atoms with E-state index in [0.29, 0.717) is 11.8 Å². The monoisotopic (exact) mass is 906 g/mol. The largest absolute Gasteiger partial charge is 0.405 e. The van der Waals surface area contributed by atoms with Gasteiger partial charge in [0.2, 0.25) is 0 Å². The zero-order chi connectivity index (χ0) is 47.4. The lowest BCUT2D eigenvalue weighted by molar-refractivity contribution is 0.585. The molecule has 0 saturated carbocycles. The summed E-state index contributed by atoms with van der Waals surface area (Å²) in [6.07, 6.45) is 16.4. The summed E-state index contributed by atoms with van der Waals surface area (Å²) in [7, 11) is 0. The highest BCUT2D eigenvalue weighted by atomic mass is 15.0. The molecule has 10 aromatic rings. The molecule has 8 aromatic carbocycles. The zero-order valence-electron chi connectivity index (χ0n) is 41.0. The van der Waals surface area contributed by atoms with Gasteiger partial charge in [0.1, 0.15) is 0 Å². The Balaban J connectivity index is 1.08. The number of allylic oxidation sites excluding steroid dienone is 6. The highest BCUT2D eigenvalue weighted by Gasteiger charge is 2.42. The summed E-state index contributed by atoms with van der Waals surface area (Å²) in [5.41, 5.74) is 39.6. The van der Waals surface area contributed by atoms with Gasteiger partial charge in [0.05, 0.1) is 27.8 Å². The lowest BCUT2D eigenvalue weighted by Gasteiger charge is -2.42. The molecular weight excluding hydrogens is 849 g/mol. The van der Waals surface area contributed by atoms with Crippen molar-refractivity contribution in [2.75, 3.05) is 0 Å². The minimum Gasteiger partial charge on any atom is -0.405 e. The van der Waals surface area contributed by atoms with E-state index in [1.54, 1.807) is 12.4 Å². The molecule has 0 radical (unpaired) electrons. The van der Waals surface area contributed by atoms with E-state index in [4.69, 9.17) is 11.5 Å². The van der Waals surface area contributed by atoms with Crippen LogP contribution < -0.4 is 11.5 Å². The molecule has 2 heterocycles. The fourth-order valence-corrected chi connectivity index (χ4v) is 14.3. The standard InChI is InChI=1S/C66H58N4/c1-7-11-46(34-68)70-58-28-24-45(48-26-22-43-20-18-41-14-9-16-50(48)62(41)43)31-54(58)56-33-52-37(4)36(3)51-32-55-53-30-44(47-25-21-42-19-17-40-13-8-15-49(47)61(40)42)23-27-57(53)69(35(2)12-10-29-67)65(55)59-38(5)39(6)60(66(56)70)64(52)63(51)59/h7-16,21-34,36-39H,17-20,67-68H2,1-6H3/b11-7-,29-10-,35-12+,46-34+. The topological polar surface area (TPSA) is 61.9 Å². The first kappa shape index (κ1) is 41.4. The molecule has 0 bridgehead atoms. The second-order valence-corrected chi connectivity index (χ2v) is 21.1. The Hall–Kier alpha value is -7.56. The molecule has 0 spiro atoms. The molecule has 342 valence electrons. The average molecular weight is 907 g/mol. The quantitative estimate of drug-likeness (QED) is 0.163. The number of hydrogen-bond acceptors (Lipinski definition) is 2. The molecule has 4 heteroatoms. The Morgan fingerprint density at radius 2 is 1.01 bits per heavy atom. The van der Waals surface area contributed by atoms with Gasteiger partial charge >= 0.3 is 0 Å². The van der Waals surface area contributed by atoms with Gasteiger partial charge in [-0.2, -0.15) is 0 Å². The molecule has 70 heavy (non-hydrogen) atoms. The summed E-state index contributed by atoms with van der Waals surface area (Å²) in [4.78, 5) is 0. The van der Waals surface area contributed by atoms with E-state index in [1.165, 1.54) is 143 Å². The maximum Gasteiger partial charge on any atom is 0.0613 e. The number of benzene rings is 8. The smallest absolute Gasteiger partial charge is 0.0613 e. The molecule has 4 aliphatic carbocycles. The Bertz CT molecular complexity index is 4100. The van der Waals surface area contributed by atoms with Gasteiger partial charge in [-0.3, -0.25) is 0 Å². The zero-order valence-corrected chi connectivity index (χ0v) is 41.0. The van der Waals surface area contributed by atoms with E-state index < -0.39 is 0 Å². The van der Waals surface area contributed by atoms with Gasteiger partial charge < -0.3 is 20.6 Å². The van der Waals surface area contributed by atoms with Crippen molar-refractivity contribution >= 4 is 76.6 Å². The van der Waals surface area contributed by atoms with Crippen LogP contribution in [-0.2, 0) is 25.7 Å². The van der Waals surface area contributed by atoms with E-state index in [9.17, 15) is 0 Å². The predicted molar refractivity (Wildman–Crippen MR) is 299 cm³/mol. The summed E-state index contributed by atoms with van der Waals surface area (Å²) < 4.78 is 5.03. The van der Waals surface area contributed by atoms with Crippen LogP contribution >= 0.6 is 0 Å². The summed E-state index contributed by atoms with van der Waals surface area (Å²) in [5, 5.41) is 10.8. The molecule has 4 aliphatic rings. The van der Waals surface area contributed by atoms with E-state index in [2.05, 4.69) is 178 Å². The third kappa shape index (κ3) is 5.37. The summed E-state index contributed by atoms with van der Waals surface area (Å²) in [6.45, 7) is 14.3. The third-order valence-corrected chi connectivity index (χ3v) is 17.8. The van der Waals surface area contributed by atoms with Gasteiger partial charge in [0, 0.05) is 33.4 Å². The first-order chi connectivity index (χ1) is 34.2. The predicted octanol–water partition coefficient (Wildman–Crippen LogP) is 16.5. The lowest BCUT2D eigenvalue weighted by Crippen LogP contribution is -2.24. The van der Waals surface area contributed by atoms with Gasteiger partial charge in [-0.25, -0.2) is 0 Å². The van der Waals surface area contributed by atoms with E-state index in [1.807, 2.05) is 6.08 Å². The van der Waals surface area contributed by atoms with Crippen LogP contribution in [0.25, 0.3) is 110 Å². The maximum atomic E-state index is 6.68. The molecule has 14 rings (SSSR count). The van der Waals surface area contributed by atoms with Crippen molar-refractivity contribution in [3.63, 3.8) is 0 Å². The first-order valence-electron chi connectivity index (χ1n) is 25.7. The van der Waals surface area contributed by atoms with Gasteiger partial charge in [0.15, 0.2) is 0 Å². The molecule has 0 amide bonds. The minimum absolute atomic E-state index is 0.191. The number of nitrogens with two attached hydrogens (primary N) is 2. The van der Waals surface area contributed by atoms with Crippen LogP contribution in [0.5, 0.6) is 0 Å². The number of fused-ring (bicyclic) bond motifs is 8. The fourth-order valence-electron chi connectivity index (χ4n) is 14.3. The van der Waals surface area contributed by atoms with E-state index in [-0.39, 0.29) is 11.8 Å². The molecule has 0 fully saturated rings. The van der Waals surface area contributed by atoms with Crippen molar-refractivity contribution < 1.29 is 0 Å². The van der Waals surface area contributed by atoms with Gasteiger partial charge in [0.25, 0.3) is 0 Å². The fraction of sp³-hybridized carbons (Fsp3) is 0.212. The Kier molecular flexibility index (Phi) is 8.86. The van der Waals surface area contributed by atoms with Crippen molar-refractivity contribution in [3.05, 3.63) is 190 Å². The second-order valence-electron chi connectivity index (χ2n) is 21.1. The average Bonchev–Trinajstić information content (AvgIpc) is 4.17. The van der Waals surface area contributed by atoms with Crippen LogP contribution in [0.2, 0.25) is 0 Å². The minimum atomic E-state index is 0.191. The van der Waals surface area contributed by atoms with Crippen molar-refractivity contribution in [1.29, 1.82) is 0 Å². The van der Waals surface area contributed by atoms with Crippen LogP contribution in [-0.4, -0.2) is 9.13 Å². The number of nitrogens with zero attached hydrogens (tertiary/aromatic N) is 2. The second kappa shape index (κ2) is 15.0. The van der Waals surface area contributed by atoms with Crippen LogP contribution in [0.4, 0.5) is 0 Å². The first-order valence-corrected chi connectivity index (χ1v) is 25.7. The lowest BCUT2D eigenvalue weighted by atomic mass is 9.62. The number of aromatic nitrogens is 2. The highest BCUT2D eigenvalue weighted by Crippen LogP contribution is 2.62. The van der Waals surface area contributed by atoms with Crippen molar-refractivity contribution in [3.8, 4) is 33.4 Å². The molecule has 4 atom stereocenters. The summed E-state index contributed by atoms with van der Waals surface area (Å²) in [6, 6.07) is 42.9. The molecule has 4 nitrogen and oxygen atoms in total.